The van der Waals surface area contributed by atoms with E-state index in [9.17, 15) is 0 Å². The molecule has 0 bridgehead atoms. The van der Waals surface area contributed by atoms with Gasteiger partial charge in [-0.25, -0.2) is 0 Å². The van der Waals surface area contributed by atoms with Gasteiger partial charge in [0.15, 0.2) is 5.96 Å². The van der Waals surface area contributed by atoms with E-state index in [1.165, 1.54) is 16.7 Å². The van der Waals surface area contributed by atoms with Gasteiger partial charge in [0.05, 0.1) is 19.8 Å². The second-order valence-electron chi connectivity index (χ2n) is 7.49. The Labute approximate surface area is 203 Å². The zero-order chi connectivity index (χ0) is 21.2. The van der Waals surface area contributed by atoms with Crippen molar-refractivity contribution in [3.05, 3.63) is 65.2 Å². The van der Waals surface area contributed by atoms with Crippen LogP contribution in [0.25, 0.3) is 0 Å². The van der Waals surface area contributed by atoms with Gasteiger partial charge in [0.2, 0.25) is 0 Å². The molecule has 1 saturated heterocycles. The Morgan fingerprint density at radius 2 is 1.77 bits per heavy atom. The van der Waals surface area contributed by atoms with E-state index in [4.69, 9.17) is 9.47 Å². The minimum Gasteiger partial charge on any atom is -0.494 e. The lowest BCUT2D eigenvalue weighted by Gasteiger charge is -2.28. The highest BCUT2D eigenvalue weighted by molar-refractivity contribution is 14.0. The van der Waals surface area contributed by atoms with Gasteiger partial charge < -0.3 is 19.7 Å². The first kappa shape index (κ1) is 25.4. The Hall–Kier alpha value is -1.84. The van der Waals surface area contributed by atoms with Gasteiger partial charge in [-0.3, -0.25) is 9.89 Å². The molecule has 7 heteroatoms. The van der Waals surface area contributed by atoms with E-state index in [1.807, 2.05) is 26.1 Å². The molecule has 0 aromatic heterocycles. The van der Waals surface area contributed by atoms with Crippen molar-refractivity contribution < 1.29 is 9.47 Å². The van der Waals surface area contributed by atoms with Crippen molar-refractivity contribution >= 4 is 29.9 Å². The van der Waals surface area contributed by atoms with Gasteiger partial charge in [-0.05, 0) is 35.7 Å². The van der Waals surface area contributed by atoms with E-state index in [0.717, 1.165) is 57.6 Å². The highest BCUT2D eigenvalue weighted by Gasteiger charge is 2.13. The lowest BCUT2D eigenvalue weighted by molar-refractivity contribution is 0.0341. The third-order valence-corrected chi connectivity index (χ3v) is 5.28. The van der Waals surface area contributed by atoms with Crippen LogP contribution in [0.3, 0.4) is 0 Å². The van der Waals surface area contributed by atoms with Crippen molar-refractivity contribution in [2.24, 2.45) is 4.99 Å². The van der Waals surface area contributed by atoms with E-state index >= 15 is 0 Å². The predicted molar refractivity (Wildman–Crippen MR) is 137 cm³/mol. The first-order chi connectivity index (χ1) is 14.7. The zero-order valence-electron chi connectivity index (χ0n) is 18.8. The average molecular weight is 538 g/mol. The fourth-order valence-corrected chi connectivity index (χ4v) is 3.65. The van der Waals surface area contributed by atoms with E-state index in [1.54, 1.807) is 0 Å². The molecule has 1 fully saturated rings. The monoisotopic (exact) mass is 538 g/mol. The number of nitrogens with one attached hydrogen (secondary N) is 1. The normalized spacial score (nSPS) is 14.6. The molecule has 1 N–H and O–H groups in total. The summed E-state index contributed by atoms with van der Waals surface area (Å²) in [6.07, 6.45) is 0. The van der Waals surface area contributed by atoms with Crippen molar-refractivity contribution in [2.75, 3.05) is 47.0 Å². The summed E-state index contributed by atoms with van der Waals surface area (Å²) in [4.78, 5) is 9.06. The standard InChI is InChI=1S/C24H34N4O2.HI/c1-4-30-23-11-9-20(10-12-23)18-27(3)24(25-2)26-17-21-7-5-6-8-22(21)19-28-13-15-29-16-14-28;/h5-12H,4,13-19H2,1-3H3,(H,25,26);1H. The summed E-state index contributed by atoms with van der Waals surface area (Å²) in [5.41, 5.74) is 3.88. The number of ether oxygens (including phenoxy) is 2. The number of hydrogen-bond acceptors (Lipinski definition) is 4. The Balaban J connectivity index is 0.00000341. The molecule has 0 radical (unpaired) electrons. The molecule has 0 saturated carbocycles. The number of guanidine groups is 1. The summed E-state index contributed by atoms with van der Waals surface area (Å²) in [5.74, 6) is 1.79. The van der Waals surface area contributed by atoms with Gasteiger partial charge in [0.1, 0.15) is 5.75 Å². The smallest absolute Gasteiger partial charge is 0.193 e. The van der Waals surface area contributed by atoms with Crippen LogP contribution in [0, 0.1) is 0 Å². The largest absolute Gasteiger partial charge is 0.494 e. The molecule has 0 atom stereocenters. The molecule has 3 rings (SSSR count). The Bertz CT molecular complexity index is 807. The summed E-state index contributed by atoms with van der Waals surface area (Å²) in [7, 11) is 3.89. The number of rotatable bonds is 8. The highest BCUT2D eigenvalue weighted by Crippen LogP contribution is 2.15. The van der Waals surface area contributed by atoms with Crippen LogP contribution in [-0.2, 0) is 24.4 Å². The summed E-state index contributed by atoms with van der Waals surface area (Å²) in [6, 6.07) is 16.9. The number of morpholine rings is 1. The van der Waals surface area contributed by atoms with Crippen LogP contribution >= 0.6 is 24.0 Å². The molecule has 6 nitrogen and oxygen atoms in total. The van der Waals surface area contributed by atoms with Crippen LogP contribution in [0.2, 0.25) is 0 Å². The zero-order valence-corrected chi connectivity index (χ0v) is 21.2. The van der Waals surface area contributed by atoms with E-state index < -0.39 is 0 Å². The van der Waals surface area contributed by atoms with Crippen molar-refractivity contribution in [2.45, 2.75) is 26.6 Å². The van der Waals surface area contributed by atoms with Crippen LogP contribution < -0.4 is 10.1 Å². The lowest BCUT2D eigenvalue weighted by atomic mass is 10.1. The fourth-order valence-electron chi connectivity index (χ4n) is 3.65. The lowest BCUT2D eigenvalue weighted by Crippen LogP contribution is -2.38. The third kappa shape index (κ3) is 7.97. The van der Waals surface area contributed by atoms with Crippen molar-refractivity contribution in [1.29, 1.82) is 0 Å². The molecular weight excluding hydrogens is 503 g/mol. The maximum Gasteiger partial charge on any atom is 0.193 e. The SMILES string of the molecule is CCOc1ccc(CN(C)C(=NC)NCc2ccccc2CN2CCOCC2)cc1.I. The minimum atomic E-state index is 0. The number of hydrogen-bond donors (Lipinski definition) is 1. The van der Waals surface area contributed by atoms with Crippen molar-refractivity contribution in [3.63, 3.8) is 0 Å². The Morgan fingerprint density at radius 3 is 2.42 bits per heavy atom. The topological polar surface area (TPSA) is 49.3 Å². The van der Waals surface area contributed by atoms with Gasteiger partial charge in [-0.1, -0.05) is 36.4 Å². The predicted octanol–water partition coefficient (Wildman–Crippen LogP) is 3.74. The molecular formula is C24H35IN4O2. The molecule has 0 unspecified atom stereocenters. The number of halogens is 1. The quantitative estimate of drug-likeness (QED) is 0.316. The number of aliphatic imine (C=N–C) groups is 1. The van der Waals surface area contributed by atoms with Gasteiger partial charge in [0.25, 0.3) is 0 Å². The van der Waals surface area contributed by atoms with Crippen LogP contribution in [0.4, 0.5) is 0 Å². The number of benzene rings is 2. The van der Waals surface area contributed by atoms with Gasteiger partial charge >= 0.3 is 0 Å². The highest BCUT2D eigenvalue weighted by atomic mass is 127. The Morgan fingerprint density at radius 1 is 1.10 bits per heavy atom. The number of nitrogens with zero attached hydrogens (tertiary/aromatic N) is 3. The third-order valence-electron chi connectivity index (χ3n) is 5.28. The second kappa shape index (κ2) is 13.5. The maximum absolute atomic E-state index is 5.53. The minimum absolute atomic E-state index is 0. The molecule has 0 aliphatic carbocycles. The molecule has 31 heavy (non-hydrogen) atoms. The molecule has 0 amide bonds. The molecule has 0 spiro atoms. The van der Waals surface area contributed by atoms with Gasteiger partial charge in [-0.2, -0.15) is 0 Å². The first-order valence-corrected chi connectivity index (χ1v) is 10.7. The summed E-state index contributed by atoms with van der Waals surface area (Å²) >= 11 is 0. The molecule has 1 heterocycles. The molecule has 2 aromatic rings. The van der Waals surface area contributed by atoms with E-state index in [2.05, 4.69) is 63.6 Å². The molecule has 1 aliphatic heterocycles. The van der Waals surface area contributed by atoms with E-state index in [0.29, 0.717) is 6.61 Å². The van der Waals surface area contributed by atoms with Crippen LogP contribution in [0.15, 0.2) is 53.5 Å². The molecule has 2 aromatic carbocycles. The Kier molecular flexibility index (Phi) is 11.1. The van der Waals surface area contributed by atoms with Crippen LogP contribution in [-0.4, -0.2) is 62.8 Å². The average Bonchev–Trinajstić information content (AvgIpc) is 2.77. The van der Waals surface area contributed by atoms with Gasteiger partial charge in [0, 0.05) is 46.8 Å². The van der Waals surface area contributed by atoms with Crippen molar-refractivity contribution in [3.8, 4) is 5.75 Å². The summed E-state index contributed by atoms with van der Waals surface area (Å²) in [6.45, 7) is 8.80. The summed E-state index contributed by atoms with van der Waals surface area (Å²) < 4.78 is 11.0. The maximum atomic E-state index is 5.53. The van der Waals surface area contributed by atoms with Gasteiger partial charge in [-0.15, -0.1) is 24.0 Å². The fraction of sp³-hybridized carbons (Fsp3) is 0.458. The second-order valence-corrected chi connectivity index (χ2v) is 7.49. The molecule has 1 aliphatic rings. The summed E-state index contributed by atoms with van der Waals surface area (Å²) in [5, 5.41) is 3.52. The van der Waals surface area contributed by atoms with E-state index in [-0.39, 0.29) is 24.0 Å². The molecule has 170 valence electrons. The van der Waals surface area contributed by atoms with Crippen LogP contribution in [0.5, 0.6) is 5.75 Å². The first-order valence-electron chi connectivity index (χ1n) is 10.7. The van der Waals surface area contributed by atoms with Crippen molar-refractivity contribution in [1.82, 2.24) is 15.1 Å². The van der Waals surface area contributed by atoms with Crippen LogP contribution in [0.1, 0.15) is 23.6 Å².